The maximum absolute atomic E-state index is 6.84. The van der Waals surface area contributed by atoms with Crippen LogP contribution in [0.3, 0.4) is 0 Å². The van der Waals surface area contributed by atoms with E-state index in [1.165, 1.54) is 0 Å². The summed E-state index contributed by atoms with van der Waals surface area (Å²) >= 11 is 13.7. The van der Waals surface area contributed by atoms with Crippen molar-refractivity contribution in [2.45, 2.75) is 0 Å². The normalized spacial score (nSPS) is 11.7. The van der Waals surface area contributed by atoms with Crippen molar-refractivity contribution in [3.63, 3.8) is 0 Å². The van der Waals surface area contributed by atoms with E-state index in [4.69, 9.17) is 28.0 Å². The second-order valence-electron chi connectivity index (χ2n) is 8.08. The molecule has 0 bridgehead atoms. The largest absolute Gasteiger partial charge is 0.465 e. The first-order chi connectivity index (χ1) is 17.1. The van der Waals surface area contributed by atoms with Crippen LogP contribution in [0.1, 0.15) is 5.76 Å². The lowest BCUT2D eigenvalue weighted by atomic mass is 10.4. The Morgan fingerprint density at radius 3 is 1.11 bits per heavy atom. The topological polar surface area (TPSA) is 13.1 Å². The predicted octanol–water partition coefficient (Wildman–Crippen LogP) is 6.84. The van der Waals surface area contributed by atoms with E-state index >= 15 is 0 Å². The van der Waals surface area contributed by atoms with Gasteiger partial charge in [-0.2, -0.15) is 0 Å². The first-order valence-electron chi connectivity index (χ1n) is 11.3. The SMILES string of the molecule is S=P(C(=Cc1ccco1)P(=S)(c1ccccc1)c1ccccc1)(c1ccccc1)c1ccccc1. The van der Waals surface area contributed by atoms with Crippen LogP contribution < -0.4 is 21.2 Å². The van der Waals surface area contributed by atoms with Gasteiger partial charge in [0.25, 0.3) is 0 Å². The molecule has 0 saturated carbocycles. The molecule has 1 nitrogen and oxygen atoms in total. The number of hydrogen-bond acceptors (Lipinski definition) is 3. The van der Waals surface area contributed by atoms with Crippen molar-refractivity contribution in [2.24, 2.45) is 0 Å². The van der Waals surface area contributed by atoms with Gasteiger partial charge in [-0.3, -0.25) is 0 Å². The van der Waals surface area contributed by atoms with Crippen molar-refractivity contribution in [1.29, 1.82) is 0 Å². The average molecular weight is 527 g/mol. The first kappa shape index (κ1) is 23.9. The Morgan fingerprint density at radius 2 is 0.829 bits per heavy atom. The Labute approximate surface area is 217 Å². The van der Waals surface area contributed by atoms with Gasteiger partial charge in [-0.25, -0.2) is 0 Å². The van der Waals surface area contributed by atoms with E-state index in [2.05, 4.69) is 103 Å². The summed E-state index contributed by atoms with van der Waals surface area (Å²) in [6.45, 7) is 0. The highest BCUT2D eigenvalue weighted by Crippen LogP contribution is 2.70. The summed E-state index contributed by atoms with van der Waals surface area (Å²) in [6, 6.07) is 40.7. The molecule has 5 heteroatoms. The smallest absolute Gasteiger partial charge is 0.127 e. The fourth-order valence-corrected chi connectivity index (χ4v) is 16.3. The maximum atomic E-state index is 6.84. The van der Waals surface area contributed by atoms with Crippen LogP contribution in [0.5, 0.6) is 0 Å². The Kier molecular flexibility index (Phi) is 7.14. The molecule has 0 atom stereocenters. The standard InChI is InChI=1S/C30H24OP2S2/c34-32(26-15-5-1-6-16-26,27-17-7-2-8-18-27)30(24-25-14-13-23-31-25)33(35,28-19-9-3-10-20-28)29-21-11-4-12-22-29/h1-24H. The fourth-order valence-electron chi connectivity index (χ4n) is 4.26. The van der Waals surface area contributed by atoms with Crippen molar-refractivity contribution < 1.29 is 4.42 Å². The summed E-state index contributed by atoms with van der Waals surface area (Å²) in [7, 11) is 0. The molecular formula is C30H24OP2S2. The van der Waals surface area contributed by atoms with Gasteiger partial charge in [0, 0.05) is 17.1 Å². The van der Waals surface area contributed by atoms with Gasteiger partial charge < -0.3 is 4.42 Å². The molecule has 35 heavy (non-hydrogen) atoms. The molecule has 0 unspecified atom stereocenters. The second kappa shape index (κ2) is 10.4. The van der Waals surface area contributed by atoms with Crippen molar-refractivity contribution >= 4 is 63.0 Å². The summed E-state index contributed by atoms with van der Waals surface area (Å²) in [5.74, 6) is 0.766. The first-order valence-corrected chi connectivity index (χ1v) is 16.9. The predicted molar refractivity (Wildman–Crippen MR) is 160 cm³/mol. The van der Waals surface area contributed by atoms with Gasteiger partial charge in [-0.05, 0) is 39.4 Å². The molecule has 0 spiro atoms. The van der Waals surface area contributed by atoms with Crippen molar-refractivity contribution in [2.75, 3.05) is 0 Å². The summed E-state index contributed by atoms with van der Waals surface area (Å²) in [4.78, 5) is 0. The molecule has 5 rings (SSSR count). The zero-order valence-corrected chi connectivity index (χ0v) is 22.4. The highest BCUT2D eigenvalue weighted by Gasteiger charge is 2.38. The molecule has 0 saturated heterocycles. The average Bonchev–Trinajstić information content (AvgIpc) is 3.46. The van der Waals surface area contributed by atoms with Gasteiger partial charge >= 0.3 is 0 Å². The molecule has 0 aliphatic rings. The number of hydrogen-bond donors (Lipinski definition) is 0. The van der Waals surface area contributed by atoms with Crippen LogP contribution in [0, 0.1) is 0 Å². The van der Waals surface area contributed by atoms with Crippen LogP contribution in [0.2, 0.25) is 0 Å². The van der Waals surface area contributed by atoms with E-state index in [1.807, 2.05) is 36.4 Å². The lowest BCUT2D eigenvalue weighted by molar-refractivity contribution is 0.557. The summed E-state index contributed by atoms with van der Waals surface area (Å²) in [5, 5.41) is 5.60. The lowest BCUT2D eigenvalue weighted by Crippen LogP contribution is -2.23. The maximum Gasteiger partial charge on any atom is 0.127 e. The summed E-state index contributed by atoms with van der Waals surface area (Å²) in [6.07, 6.45) is 3.84. The summed E-state index contributed by atoms with van der Waals surface area (Å²) < 4.78 is 5.86. The van der Waals surface area contributed by atoms with Crippen molar-refractivity contribution in [1.82, 2.24) is 0 Å². The van der Waals surface area contributed by atoms with Crippen molar-refractivity contribution in [3.8, 4) is 0 Å². The van der Waals surface area contributed by atoms with Crippen LogP contribution in [-0.4, -0.2) is 0 Å². The Hall–Kier alpha value is -2.80. The van der Waals surface area contributed by atoms with Crippen LogP contribution in [0.25, 0.3) is 6.08 Å². The molecule has 1 aromatic heterocycles. The van der Waals surface area contributed by atoms with Crippen LogP contribution >= 0.6 is 12.1 Å². The molecule has 0 aliphatic heterocycles. The van der Waals surface area contributed by atoms with Crippen LogP contribution in [-0.2, 0) is 23.6 Å². The minimum Gasteiger partial charge on any atom is -0.465 e. The second-order valence-corrected chi connectivity index (χ2v) is 17.2. The van der Waals surface area contributed by atoms with E-state index in [9.17, 15) is 0 Å². The minimum absolute atomic E-state index is 0.766. The number of benzene rings is 4. The summed E-state index contributed by atoms with van der Waals surface area (Å²) in [5.41, 5.74) is 0. The molecule has 0 amide bonds. The molecule has 4 aromatic carbocycles. The third-order valence-corrected chi connectivity index (χ3v) is 17.9. The quantitative estimate of drug-likeness (QED) is 0.216. The van der Waals surface area contributed by atoms with Gasteiger partial charge in [-0.1, -0.05) is 145 Å². The Bertz CT molecular complexity index is 1330. The monoisotopic (exact) mass is 526 g/mol. The highest BCUT2D eigenvalue weighted by atomic mass is 32.5. The van der Waals surface area contributed by atoms with E-state index in [0.29, 0.717) is 0 Å². The molecule has 0 radical (unpaired) electrons. The highest BCUT2D eigenvalue weighted by molar-refractivity contribution is 8.35. The van der Waals surface area contributed by atoms with Crippen LogP contribution in [0.15, 0.2) is 149 Å². The van der Waals surface area contributed by atoms with Gasteiger partial charge in [0.2, 0.25) is 0 Å². The third kappa shape index (κ3) is 4.58. The van der Waals surface area contributed by atoms with E-state index in [1.54, 1.807) is 6.26 Å². The third-order valence-electron chi connectivity index (χ3n) is 5.94. The van der Waals surface area contributed by atoms with E-state index in [0.717, 1.165) is 32.0 Å². The van der Waals surface area contributed by atoms with Gasteiger partial charge in [0.1, 0.15) is 5.76 Å². The van der Waals surface area contributed by atoms with Crippen molar-refractivity contribution in [3.05, 3.63) is 151 Å². The molecule has 0 aliphatic carbocycles. The molecule has 0 fully saturated rings. The Morgan fingerprint density at radius 1 is 0.486 bits per heavy atom. The van der Waals surface area contributed by atoms with Gasteiger partial charge in [0.05, 0.1) is 6.26 Å². The molecule has 5 aromatic rings. The lowest BCUT2D eigenvalue weighted by Gasteiger charge is -2.35. The fraction of sp³-hybridized carbons (Fsp3) is 0. The van der Waals surface area contributed by atoms with Crippen LogP contribution in [0.4, 0.5) is 0 Å². The van der Waals surface area contributed by atoms with Gasteiger partial charge in [0.15, 0.2) is 0 Å². The zero-order chi connectivity index (χ0) is 24.1. The number of furan rings is 1. The zero-order valence-electron chi connectivity index (χ0n) is 19.0. The molecular weight excluding hydrogens is 502 g/mol. The molecule has 172 valence electrons. The molecule has 1 heterocycles. The number of rotatable bonds is 7. The van der Waals surface area contributed by atoms with Gasteiger partial charge in [-0.15, -0.1) is 0 Å². The minimum atomic E-state index is -2.55. The van der Waals surface area contributed by atoms with E-state index in [-0.39, 0.29) is 0 Å². The Balaban J connectivity index is 1.92. The van der Waals surface area contributed by atoms with E-state index < -0.39 is 12.1 Å². The molecule has 0 N–H and O–H groups in total.